The van der Waals surface area contributed by atoms with Crippen LogP contribution in [0.4, 0.5) is 17.1 Å². The fourth-order valence-electron chi connectivity index (χ4n) is 6.94. The molecule has 0 radical (unpaired) electrons. The Hall–Kier alpha value is -6.38. The Morgan fingerprint density at radius 1 is 0.354 bits per heavy atom. The normalized spacial score (nSPS) is 11.3. The second-order valence-corrected chi connectivity index (χ2v) is 12.2. The molecule has 0 fully saturated rings. The summed E-state index contributed by atoms with van der Waals surface area (Å²) in [7, 11) is 0. The molecule has 0 aliphatic carbocycles. The molecule has 2 nitrogen and oxygen atoms in total. The Morgan fingerprint density at radius 3 is 1.56 bits per heavy atom. The van der Waals surface area contributed by atoms with Crippen molar-refractivity contribution in [1.82, 2.24) is 0 Å². The van der Waals surface area contributed by atoms with Crippen molar-refractivity contribution < 1.29 is 4.42 Å². The van der Waals surface area contributed by atoms with E-state index in [1.165, 1.54) is 21.9 Å². The van der Waals surface area contributed by atoms with Crippen LogP contribution in [0, 0.1) is 0 Å². The van der Waals surface area contributed by atoms with Gasteiger partial charge < -0.3 is 9.32 Å². The van der Waals surface area contributed by atoms with Crippen LogP contribution < -0.4 is 4.90 Å². The maximum Gasteiger partial charge on any atom is 0.143 e. The number of rotatable bonds is 6. The van der Waals surface area contributed by atoms with Crippen LogP contribution in [0.5, 0.6) is 0 Å². The summed E-state index contributed by atoms with van der Waals surface area (Å²) >= 11 is 0. The van der Waals surface area contributed by atoms with Crippen molar-refractivity contribution in [3.8, 4) is 33.4 Å². The lowest BCUT2D eigenvalue weighted by Gasteiger charge is -2.27. The predicted molar refractivity (Wildman–Crippen MR) is 202 cm³/mol. The van der Waals surface area contributed by atoms with Crippen molar-refractivity contribution in [1.29, 1.82) is 0 Å². The number of furan rings is 1. The molecule has 0 N–H and O–H groups in total. The van der Waals surface area contributed by atoms with Gasteiger partial charge in [0, 0.05) is 39.5 Å². The van der Waals surface area contributed by atoms with E-state index < -0.39 is 0 Å². The summed E-state index contributed by atoms with van der Waals surface area (Å²) in [6.07, 6.45) is 0. The quantitative estimate of drug-likeness (QED) is 0.185. The van der Waals surface area contributed by atoms with Crippen molar-refractivity contribution >= 4 is 49.8 Å². The van der Waals surface area contributed by atoms with Gasteiger partial charge >= 0.3 is 0 Å². The SMILES string of the molecule is c1ccc(-c2cc(-c3ccccc3)cc(N(c3ccccc3)c3ccc4c(c3)oc3c(-c5ccccc5)cc5ccccc5c34)c2)cc1. The van der Waals surface area contributed by atoms with Gasteiger partial charge in [-0.3, -0.25) is 0 Å². The Kier molecular flexibility index (Phi) is 6.84. The van der Waals surface area contributed by atoms with Crippen LogP contribution in [0.3, 0.4) is 0 Å². The molecule has 0 unspecified atom stereocenters. The minimum absolute atomic E-state index is 0.861. The molecule has 0 atom stereocenters. The van der Waals surface area contributed by atoms with Crippen LogP contribution >= 0.6 is 0 Å². The van der Waals surface area contributed by atoms with Gasteiger partial charge in [0.05, 0.1) is 0 Å². The smallest absolute Gasteiger partial charge is 0.143 e. The highest BCUT2D eigenvalue weighted by molar-refractivity contribution is 6.22. The Labute approximate surface area is 279 Å². The van der Waals surface area contributed by atoms with Gasteiger partial charge in [0.15, 0.2) is 0 Å². The Morgan fingerprint density at radius 2 is 0.917 bits per heavy atom. The Balaban J connectivity index is 1.29. The summed E-state index contributed by atoms with van der Waals surface area (Å²) in [4.78, 5) is 2.34. The number of nitrogens with zero attached hydrogens (tertiary/aromatic N) is 1. The molecular weight excluding hydrogens is 583 g/mol. The van der Waals surface area contributed by atoms with E-state index >= 15 is 0 Å². The van der Waals surface area contributed by atoms with Gasteiger partial charge in [-0.15, -0.1) is 0 Å². The topological polar surface area (TPSA) is 16.4 Å². The molecule has 0 bridgehead atoms. The molecule has 9 aromatic rings. The van der Waals surface area contributed by atoms with E-state index in [9.17, 15) is 0 Å². The lowest BCUT2D eigenvalue weighted by molar-refractivity contribution is 0.670. The van der Waals surface area contributed by atoms with Crippen molar-refractivity contribution in [2.75, 3.05) is 4.90 Å². The predicted octanol–water partition coefficient (Wildman–Crippen LogP) is 13.2. The lowest BCUT2D eigenvalue weighted by Crippen LogP contribution is -2.10. The maximum absolute atomic E-state index is 6.87. The molecule has 0 amide bonds. The van der Waals surface area contributed by atoms with Crippen LogP contribution in [0.1, 0.15) is 0 Å². The van der Waals surface area contributed by atoms with Crippen LogP contribution in [0.25, 0.3) is 66.1 Å². The molecule has 2 heteroatoms. The van der Waals surface area contributed by atoms with Crippen LogP contribution in [-0.2, 0) is 0 Å². The van der Waals surface area contributed by atoms with E-state index in [-0.39, 0.29) is 0 Å². The molecule has 9 rings (SSSR count). The van der Waals surface area contributed by atoms with Crippen molar-refractivity contribution in [3.63, 3.8) is 0 Å². The highest BCUT2D eigenvalue weighted by atomic mass is 16.3. The number of anilines is 3. The van der Waals surface area contributed by atoms with E-state index in [0.717, 1.165) is 61.3 Å². The zero-order valence-corrected chi connectivity index (χ0v) is 26.3. The number of hydrogen-bond donors (Lipinski definition) is 0. The van der Waals surface area contributed by atoms with Gasteiger partial charge in [-0.05, 0) is 87.1 Å². The fourth-order valence-corrected chi connectivity index (χ4v) is 6.94. The maximum atomic E-state index is 6.87. The molecule has 226 valence electrons. The van der Waals surface area contributed by atoms with Crippen molar-refractivity contribution in [2.45, 2.75) is 0 Å². The highest BCUT2D eigenvalue weighted by Crippen LogP contribution is 2.44. The van der Waals surface area contributed by atoms with Crippen LogP contribution in [0.15, 0.2) is 192 Å². The van der Waals surface area contributed by atoms with Crippen molar-refractivity contribution in [2.24, 2.45) is 0 Å². The first-order chi connectivity index (χ1) is 23.8. The van der Waals surface area contributed by atoms with Gasteiger partial charge in [-0.2, -0.15) is 0 Å². The third kappa shape index (κ3) is 4.92. The summed E-state index contributed by atoms with van der Waals surface area (Å²) in [5.41, 5.74) is 11.9. The highest BCUT2D eigenvalue weighted by Gasteiger charge is 2.20. The summed E-state index contributed by atoms with van der Waals surface area (Å²) in [5, 5.41) is 4.66. The van der Waals surface area contributed by atoms with Gasteiger partial charge in [-0.25, -0.2) is 0 Å². The molecular formula is C46H31NO. The summed E-state index contributed by atoms with van der Waals surface area (Å²) in [6, 6.07) is 66.8. The van der Waals surface area contributed by atoms with Gasteiger partial charge in [0.2, 0.25) is 0 Å². The van der Waals surface area contributed by atoms with Crippen molar-refractivity contribution in [3.05, 3.63) is 188 Å². The summed E-state index contributed by atoms with van der Waals surface area (Å²) in [5.74, 6) is 0. The fraction of sp³-hybridized carbons (Fsp3) is 0. The summed E-state index contributed by atoms with van der Waals surface area (Å²) in [6.45, 7) is 0. The van der Waals surface area contributed by atoms with Crippen LogP contribution in [0.2, 0.25) is 0 Å². The number of hydrogen-bond acceptors (Lipinski definition) is 2. The minimum Gasteiger partial charge on any atom is -0.455 e. The molecule has 0 saturated heterocycles. The number of fused-ring (bicyclic) bond motifs is 5. The molecule has 8 aromatic carbocycles. The second-order valence-electron chi connectivity index (χ2n) is 12.2. The van der Waals surface area contributed by atoms with E-state index in [0.29, 0.717) is 0 Å². The first-order valence-corrected chi connectivity index (χ1v) is 16.3. The molecule has 0 saturated carbocycles. The van der Waals surface area contributed by atoms with E-state index in [4.69, 9.17) is 4.42 Å². The molecule has 1 aromatic heterocycles. The number of para-hydroxylation sites is 1. The van der Waals surface area contributed by atoms with Gasteiger partial charge in [0.1, 0.15) is 11.2 Å². The van der Waals surface area contributed by atoms with E-state index in [1.54, 1.807) is 0 Å². The largest absolute Gasteiger partial charge is 0.455 e. The molecule has 1 heterocycles. The Bertz CT molecular complexity index is 2480. The van der Waals surface area contributed by atoms with Gasteiger partial charge in [0.25, 0.3) is 0 Å². The molecule has 0 aliphatic heterocycles. The first-order valence-electron chi connectivity index (χ1n) is 16.3. The standard InChI is InChI=1S/C46H31NO/c1-5-15-32(16-6-1)36-27-37(33-17-7-2-8-18-33)29-40(28-36)47(38-22-11-4-12-23-38)39-25-26-42-44(31-39)48-46-43(34-19-9-3-10-20-34)30-35-21-13-14-24-41(35)45(42)46/h1-31H. The monoisotopic (exact) mass is 613 g/mol. The summed E-state index contributed by atoms with van der Waals surface area (Å²) < 4.78 is 6.87. The lowest BCUT2D eigenvalue weighted by atomic mass is 9.96. The molecule has 0 spiro atoms. The molecule has 48 heavy (non-hydrogen) atoms. The minimum atomic E-state index is 0.861. The third-order valence-corrected chi connectivity index (χ3v) is 9.20. The number of benzene rings is 8. The second kappa shape index (κ2) is 11.8. The molecule has 0 aliphatic rings. The average molecular weight is 614 g/mol. The van der Waals surface area contributed by atoms with E-state index in [1.807, 2.05) is 0 Å². The first kappa shape index (κ1) is 27.9. The van der Waals surface area contributed by atoms with E-state index in [2.05, 4.69) is 193 Å². The average Bonchev–Trinajstić information content (AvgIpc) is 3.55. The zero-order chi connectivity index (χ0) is 31.9. The van der Waals surface area contributed by atoms with Crippen LogP contribution in [-0.4, -0.2) is 0 Å². The van der Waals surface area contributed by atoms with Gasteiger partial charge in [-0.1, -0.05) is 133 Å². The third-order valence-electron chi connectivity index (χ3n) is 9.20. The zero-order valence-electron chi connectivity index (χ0n) is 26.3.